The summed E-state index contributed by atoms with van der Waals surface area (Å²) < 4.78 is 27.9. The first kappa shape index (κ1) is 20.6. The van der Waals surface area contributed by atoms with E-state index in [0.717, 1.165) is 5.56 Å². The Morgan fingerprint density at radius 3 is 2.03 bits per heavy atom. The monoisotopic (exact) mass is 408 g/mol. The molecule has 29 heavy (non-hydrogen) atoms. The summed E-state index contributed by atoms with van der Waals surface area (Å²) >= 11 is 0. The Bertz CT molecular complexity index is 1080. The van der Waals surface area contributed by atoms with Gasteiger partial charge in [-0.15, -0.1) is 0 Å². The van der Waals surface area contributed by atoms with E-state index in [9.17, 15) is 13.2 Å². The summed E-state index contributed by atoms with van der Waals surface area (Å²) in [7, 11) is -3.79. The minimum absolute atomic E-state index is 0.139. The van der Waals surface area contributed by atoms with Gasteiger partial charge in [0.05, 0.1) is 16.1 Å². The molecule has 0 aliphatic rings. The summed E-state index contributed by atoms with van der Waals surface area (Å²) in [6.07, 6.45) is 0.650. The normalized spacial score (nSPS) is 11.7. The highest BCUT2D eigenvalue weighted by molar-refractivity contribution is 7.92. The van der Waals surface area contributed by atoms with Gasteiger partial charge in [-0.1, -0.05) is 60.7 Å². The van der Waals surface area contributed by atoms with Crippen molar-refractivity contribution in [1.82, 2.24) is 5.32 Å². The summed E-state index contributed by atoms with van der Waals surface area (Å²) in [6, 6.07) is 24.5. The standard InChI is InChI=1S/C23H24N2O3S/c1-23(2,17-18-11-5-3-6-12-18)24-22(26)20-15-9-10-16-21(20)25-29(27,28)19-13-7-4-8-14-19/h3-16,25H,17H2,1-2H3,(H,24,26). The van der Waals surface area contributed by atoms with Gasteiger partial charge in [0.2, 0.25) is 0 Å². The van der Waals surface area contributed by atoms with Gasteiger partial charge in [-0.3, -0.25) is 9.52 Å². The van der Waals surface area contributed by atoms with E-state index in [1.807, 2.05) is 44.2 Å². The number of carbonyl (C=O) groups excluding carboxylic acids is 1. The van der Waals surface area contributed by atoms with Gasteiger partial charge < -0.3 is 5.32 Å². The Kier molecular flexibility index (Phi) is 6.03. The molecule has 0 saturated carbocycles. The zero-order chi connectivity index (χ0) is 20.9. The number of hydrogen-bond acceptors (Lipinski definition) is 3. The average molecular weight is 409 g/mol. The number of benzene rings is 3. The van der Waals surface area contributed by atoms with E-state index >= 15 is 0 Å². The second-order valence-electron chi connectivity index (χ2n) is 7.46. The number of nitrogens with one attached hydrogen (secondary N) is 2. The van der Waals surface area contributed by atoms with Crippen LogP contribution in [0.1, 0.15) is 29.8 Å². The third-order valence-corrected chi connectivity index (χ3v) is 5.79. The summed E-state index contributed by atoms with van der Waals surface area (Å²) in [5, 5.41) is 3.01. The van der Waals surface area contributed by atoms with Crippen LogP contribution >= 0.6 is 0 Å². The smallest absolute Gasteiger partial charge is 0.261 e. The lowest BCUT2D eigenvalue weighted by atomic mass is 9.94. The van der Waals surface area contributed by atoms with Crippen LogP contribution in [0.3, 0.4) is 0 Å². The van der Waals surface area contributed by atoms with Crippen LogP contribution < -0.4 is 10.0 Å². The van der Waals surface area contributed by atoms with E-state index in [2.05, 4.69) is 10.0 Å². The van der Waals surface area contributed by atoms with Gasteiger partial charge in [0.1, 0.15) is 0 Å². The maximum absolute atomic E-state index is 12.9. The quantitative estimate of drug-likeness (QED) is 0.614. The molecule has 0 bridgehead atoms. The molecule has 0 saturated heterocycles. The predicted octanol–water partition coefficient (Wildman–Crippen LogP) is 4.24. The van der Waals surface area contributed by atoms with Crippen LogP contribution in [0.15, 0.2) is 89.8 Å². The fourth-order valence-corrected chi connectivity index (χ4v) is 4.20. The first-order valence-electron chi connectivity index (χ1n) is 9.30. The number of amides is 1. The van der Waals surface area contributed by atoms with E-state index in [1.165, 1.54) is 12.1 Å². The lowest BCUT2D eigenvalue weighted by Gasteiger charge is -2.27. The molecule has 0 fully saturated rings. The molecule has 0 spiro atoms. The van der Waals surface area contributed by atoms with Gasteiger partial charge in [0, 0.05) is 5.54 Å². The maximum atomic E-state index is 12.9. The Morgan fingerprint density at radius 2 is 1.38 bits per heavy atom. The second-order valence-corrected chi connectivity index (χ2v) is 9.15. The van der Waals surface area contributed by atoms with Gasteiger partial charge in [0.25, 0.3) is 15.9 Å². The SMILES string of the molecule is CC(C)(Cc1ccccc1)NC(=O)c1ccccc1NS(=O)(=O)c1ccccc1. The highest BCUT2D eigenvalue weighted by Gasteiger charge is 2.24. The van der Waals surface area contributed by atoms with E-state index in [1.54, 1.807) is 42.5 Å². The lowest BCUT2D eigenvalue weighted by molar-refractivity contribution is 0.0914. The highest BCUT2D eigenvalue weighted by Crippen LogP contribution is 2.21. The van der Waals surface area contributed by atoms with Crippen molar-refractivity contribution < 1.29 is 13.2 Å². The molecule has 3 aromatic carbocycles. The minimum atomic E-state index is -3.79. The van der Waals surface area contributed by atoms with E-state index in [4.69, 9.17) is 0 Å². The van der Waals surface area contributed by atoms with Crippen molar-refractivity contribution in [1.29, 1.82) is 0 Å². The Hall–Kier alpha value is -3.12. The molecule has 2 N–H and O–H groups in total. The molecule has 0 unspecified atom stereocenters. The molecule has 0 radical (unpaired) electrons. The van der Waals surface area contributed by atoms with E-state index in [0.29, 0.717) is 6.42 Å². The van der Waals surface area contributed by atoms with Gasteiger partial charge in [-0.25, -0.2) is 8.42 Å². The Labute approximate surface area is 171 Å². The van der Waals surface area contributed by atoms with Crippen molar-refractivity contribution in [2.75, 3.05) is 4.72 Å². The first-order chi connectivity index (χ1) is 13.8. The first-order valence-corrected chi connectivity index (χ1v) is 10.8. The summed E-state index contributed by atoms with van der Waals surface area (Å²) in [4.78, 5) is 13.1. The van der Waals surface area contributed by atoms with Gasteiger partial charge in [-0.2, -0.15) is 0 Å². The van der Waals surface area contributed by atoms with Crippen LogP contribution in [0.25, 0.3) is 0 Å². The molecule has 3 aromatic rings. The fraction of sp³-hybridized carbons (Fsp3) is 0.174. The number of para-hydroxylation sites is 1. The third-order valence-electron chi connectivity index (χ3n) is 4.41. The minimum Gasteiger partial charge on any atom is -0.347 e. The molecule has 150 valence electrons. The summed E-state index contributed by atoms with van der Waals surface area (Å²) in [5.74, 6) is -0.336. The van der Waals surface area contributed by atoms with Gasteiger partial charge in [-0.05, 0) is 50.1 Å². The zero-order valence-corrected chi connectivity index (χ0v) is 17.2. The van der Waals surface area contributed by atoms with Gasteiger partial charge >= 0.3 is 0 Å². The van der Waals surface area contributed by atoms with Crippen molar-refractivity contribution in [3.05, 3.63) is 96.1 Å². The topological polar surface area (TPSA) is 75.3 Å². The lowest BCUT2D eigenvalue weighted by Crippen LogP contribution is -2.45. The molecule has 3 rings (SSSR count). The van der Waals surface area contributed by atoms with Crippen molar-refractivity contribution in [3.63, 3.8) is 0 Å². The molecule has 0 atom stereocenters. The molecule has 0 heterocycles. The second kappa shape index (κ2) is 8.49. The summed E-state index contributed by atoms with van der Waals surface area (Å²) in [6.45, 7) is 3.88. The summed E-state index contributed by atoms with van der Waals surface area (Å²) in [5.41, 5.74) is 1.11. The van der Waals surface area contributed by atoms with Crippen LogP contribution in [-0.2, 0) is 16.4 Å². The van der Waals surface area contributed by atoms with Crippen LogP contribution in [0.2, 0.25) is 0 Å². The highest BCUT2D eigenvalue weighted by atomic mass is 32.2. The van der Waals surface area contributed by atoms with E-state index < -0.39 is 15.6 Å². The number of carbonyl (C=O) groups is 1. The molecular formula is C23H24N2O3S. The van der Waals surface area contributed by atoms with Crippen LogP contribution in [0, 0.1) is 0 Å². The predicted molar refractivity (Wildman–Crippen MR) is 115 cm³/mol. The molecule has 1 amide bonds. The average Bonchev–Trinajstić information content (AvgIpc) is 2.69. The van der Waals surface area contributed by atoms with Crippen molar-refractivity contribution >= 4 is 21.6 Å². The third kappa shape index (κ3) is 5.45. The fourth-order valence-electron chi connectivity index (χ4n) is 3.10. The maximum Gasteiger partial charge on any atom is 0.261 e. The molecule has 0 aliphatic heterocycles. The van der Waals surface area contributed by atoms with E-state index in [-0.39, 0.29) is 22.1 Å². The van der Waals surface area contributed by atoms with Crippen LogP contribution in [0.4, 0.5) is 5.69 Å². The number of rotatable bonds is 7. The molecule has 0 aliphatic carbocycles. The largest absolute Gasteiger partial charge is 0.347 e. The molecule has 0 aromatic heterocycles. The zero-order valence-electron chi connectivity index (χ0n) is 16.4. The van der Waals surface area contributed by atoms with Crippen molar-refractivity contribution in [2.45, 2.75) is 30.7 Å². The Morgan fingerprint density at radius 1 is 0.828 bits per heavy atom. The number of hydrogen-bond donors (Lipinski definition) is 2. The number of anilines is 1. The molecular weight excluding hydrogens is 384 g/mol. The number of sulfonamides is 1. The van der Waals surface area contributed by atoms with Crippen molar-refractivity contribution in [2.24, 2.45) is 0 Å². The molecule has 5 nitrogen and oxygen atoms in total. The Balaban J connectivity index is 1.80. The van der Waals surface area contributed by atoms with Crippen LogP contribution in [-0.4, -0.2) is 19.9 Å². The van der Waals surface area contributed by atoms with Gasteiger partial charge in [0.15, 0.2) is 0 Å². The van der Waals surface area contributed by atoms with Crippen LogP contribution in [0.5, 0.6) is 0 Å². The van der Waals surface area contributed by atoms with Crippen molar-refractivity contribution in [3.8, 4) is 0 Å². The molecule has 6 heteroatoms.